The minimum Gasteiger partial charge on any atom is -0.473 e. The summed E-state index contributed by atoms with van der Waals surface area (Å²) in [6.45, 7) is 4.63. The van der Waals surface area contributed by atoms with Gasteiger partial charge in [-0.15, -0.1) is 0 Å². The summed E-state index contributed by atoms with van der Waals surface area (Å²) in [5, 5.41) is 25.3. The van der Waals surface area contributed by atoms with E-state index in [4.69, 9.17) is 24.5 Å². The SMILES string of the molecule is CN1CCCN(CC(O)COC(c2ccc(F)cc2)c2ccc(F)cc2)CC1.O=C(O)C(=O)O. The van der Waals surface area contributed by atoms with E-state index in [0.717, 1.165) is 43.7 Å². The largest absolute Gasteiger partial charge is 0.473 e. The van der Waals surface area contributed by atoms with Gasteiger partial charge in [-0.05, 0) is 62.0 Å². The first-order chi connectivity index (χ1) is 16.2. The number of nitrogens with zero attached hydrogens (tertiary/aromatic N) is 2. The predicted octanol–water partition coefficient (Wildman–Crippen LogP) is 2.22. The van der Waals surface area contributed by atoms with Crippen molar-refractivity contribution in [3.05, 3.63) is 71.3 Å². The number of carbonyl (C=O) groups is 2. The number of halogens is 2. The normalized spacial score (nSPS) is 15.8. The summed E-state index contributed by atoms with van der Waals surface area (Å²) in [4.78, 5) is 22.7. The van der Waals surface area contributed by atoms with Crippen LogP contribution in [0.25, 0.3) is 0 Å². The molecule has 8 nitrogen and oxygen atoms in total. The van der Waals surface area contributed by atoms with E-state index in [1.54, 1.807) is 24.3 Å². The predicted molar refractivity (Wildman–Crippen MR) is 120 cm³/mol. The first kappa shape index (κ1) is 27.3. The fourth-order valence-electron chi connectivity index (χ4n) is 3.50. The molecule has 2 aromatic rings. The van der Waals surface area contributed by atoms with Crippen LogP contribution in [0.1, 0.15) is 23.7 Å². The zero-order valence-electron chi connectivity index (χ0n) is 18.9. The molecule has 1 atom stereocenters. The number of benzene rings is 2. The molecular formula is C24H30F2N2O6. The topological polar surface area (TPSA) is 111 Å². The molecule has 1 aliphatic heterocycles. The molecule has 0 spiro atoms. The average molecular weight is 481 g/mol. The van der Waals surface area contributed by atoms with Crippen molar-refractivity contribution in [3.8, 4) is 0 Å². The quantitative estimate of drug-likeness (QED) is 0.518. The van der Waals surface area contributed by atoms with Gasteiger partial charge in [0.2, 0.25) is 0 Å². The standard InChI is InChI=1S/C22H28F2N2O2.C2H2O4/c1-25-11-2-12-26(14-13-25)15-21(27)16-28-22(17-3-7-19(23)8-4-17)18-5-9-20(24)10-6-18;3-1(4)2(5)6/h3-10,21-22,27H,2,11-16H2,1H3;(H,3,4)(H,5,6). The summed E-state index contributed by atoms with van der Waals surface area (Å²) >= 11 is 0. The summed E-state index contributed by atoms with van der Waals surface area (Å²) in [7, 11) is 2.11. The fourth-order valence-corrected chi connectivity index (χ4v) is 3.50. The Labute approximate surface area is 197 Å². The second kappa shape index (κ2) is 13.7. The molecule has 10 heteroatoms. The zero-order valence-corrected chi connectivity index (χ0v) is 18.9. The number of carboxylic acid groups (broad SMARTS) is 2. The van der Waals surface area contributed by atoms with E-state index < -0.39 is 24.1 Å². The Bertz CT molecular complexity index is 853. The van der Waals surface area contributed by atoms with Crippen LogP contribution in [0.3, 0.4) is 0 Å². The Morgan fingerprint density at radius 1 is 0.882 bits per heavy atom. The second-order valence-corrected chi connectivity index (χ2v) is 8.04. The van der Waals surface area contributed by atoms with Crippen LogP contribution in [0.2, 0.25) is 0 Å². The van der Waals surface area contributed by atoms with Crippen molar-refractivity contribution in [2.75, 3.05) is 46.4 Å². The molecular weight excluding hydrogens is 450 g/mol. The highest BCUT2D eigenvalue weighted by Crippen LogP contribution is 2.27. The van der Waals surface area contributed by atoms with Crippen molar-refractivity contribution >= 4 is 11.9 Å². The third-order valence-corrected chi connectivity index (χ3v) is 5.26. The molecule has 3 N–H and O–H groups in total. The molecule has 0 bridgehead atoms. The van der Waals surface area contributed by atoms with Gasteiger partial charge in [0, 0.05) is 19.6 Å². The van der Waals surface area contributed by atoms with Gasteiger partial charge in [-0.2, -0.15) is 0 Å². The smallest absolute Gasteiger partial charge is 0.414 e. The van der Waals surface area contributed by atoms with Crippen LogP contribution in [-0.2, 0) is 14.3 Å². The van der Waals surface area contributed by atoms with Crippen LogP contribution in [0, 0.1) is 11.6 Å². The minimum absolute atomic E-state index is 0.145. The first-order valence-corrected chi connectivity index (χ1v) is 10.8. The van der Waals surface area contributed by atoms with Crippen LogP contribution in [0.4, 0.5) is 8.78 Å². The summed E-state index contributed by atoms with van der Waals surface area (Å²) in [5.74, 6) is -4.30. The lowest BCUT2D eigenvalue weighted by atomic mass is 10.0. The number of ether oxygens (including phenoxy) is 1. The molecule has 0 aromatic heterocycles. The van der Waals surface area contributed by atoms with Crippen LogP contribution >= 0.6 is 0 Å². The van der Waals surface area contributed by atoms with Crippen LogP contribution in [-0.4, -0.2) is 89.5 Å². The Balaban J connectivity index is 0.000000604. The monoisotopic (exact) mass is 480 g/mol. The molecule has 0 amide bonds. The lowest BCUT2D eigenvalue weighted by Gasteiger charge is -2.25. The fraction of sp³-hybridized carbons (Fsp3) is 0.417. The molecule has 0 saturated carbocycles. The van der Waals surface area contributed by atoms with E-state index >= 15 is 0 Å². The van der Waals surface area contributed by atoms with Gasteiger partial charge in [0.05, 0.1) is 12.7 Å². The Kier molecular flexibility index (Phi) is 11.0. The van der Waals surface area contributed by atoms with E-state index in [9.17, 15) is 13.9 Å². The molecule has 1 heterocycles. The maximum absolute atomic E-state index is 13.3. The summed E-state index contributed by atoms with van der Waals surface area (Å²) in [5.41, 5.74) is 1.52. The number of rotatable bonds is 7. The van der Waals surface area contributed by atoms with Gasteiger partial charge in [-0.25, -0.2) is 18.4 Å². The number of hydrogen-bond donors (Lipinski definition) is 3. The molecule has 186 valence electrons. The Morgan fingerprint density at radius 2 is 1.38 bits per heavy atom. The van der Waals surface area contributed by atoms with Crippen LogP contribution in [0.5, 0.6) is 0 Å². The number of carboxylic acids is 2. The third-order valence-electron chi connectivity index (χ3n) is 5.26. The lowest BCUT2D eigenvalue weighted by Crippen LogP contribution is -2.37. The molecule has 1 aliphatic rings. The highest BCUT2D eigenvalue weighted by atomic mass is 19.1. The van der Waals surface area contributed by atoms with Crippen molar-refractivity contribution < 1.29 is 38.4 Å². The van der Waals surface area contributed by atoms with Gasteiger partial charge >= 0.3 is 11.9 Å². The molecule has 3 rings (SSSR count). The average Bonchev–Trinajstić information content (AvgIpc) is 3.00. The van der Waals surface area contributed by atoms with Crippen molar-refractivity contribution in [2.45, 2.75) is 18.6 Å². The summed E-state index contributed by atoms with van der Waals surface area (Å²) in [6.07, 6.45) is -0.0457. The number of hydrogen-bond acceptors (Lipinski definition) is 6. The maximum atomic E-state index is 13.3. The highest BCUT2D eigenvalue weighted by Gasteiger charge is 2.20. The van der Waals surface area contributed by atoms with E-state index in [-0.39, 0.29) is 18.2 Å². The first-order valence-electron chi connectivity index (χ1n) is 10.8. The minimum atomic E-state index is -1.82. The lowest BCUT2D eigenvalue weighted by molar-refractivity contribution is -0.159. The maximum Gasteiger partial charge on any atom is 0.414 e. The Morgan fingerprint density at radius 3 is 1.85 bits per heavy atom. The number of likely N-dealkylation sites (N-methyl/N-ethyl adjacent to an activating group) is 1. The van der Waals surface area contributed by atoms with Gasteiger partial charge in [0.25, 0.3) is 0 Å². The van der Waals surface area contributed by atoms with Crippen LogP contribution < -0.4 is 0 Å². The van der Waals surface area contributed by atoms with Gasteiger partial charge in [0.15, 0.2) is 0 Å². The zero-order chi connectivity index (χ0) is 25.1. The van der Waals surface area contributed by atoms with Crippen LogP contribution in [0.15, 0.2) is 48.5 Å². The number of aliphatic carboxylic acids is 2. The summed E-state index contributed by atoms with van der Waals surface area (Å²) in [6, 6.07) is 12.1. The molecule has 1 fully saturated rings. The van der Waals surface area contributed by atoms with E-state index in [2.05, 4.69) is 16.8 Å². The van der Waals surface area contributed by atoms with E-state index in [1.165, 1.54) is 24.3 Å². The van der Waals surface area contributed by atoms with Gasteiger partial charge in [0.1, 0.15) is 17.7 Å². The number of β-amino-alcohol motifs (C(OH)–C–C–N with tert-alkyl or cyclic N) is 1. The van der Waals surface area contributed by atoms with Gasteiger partial charge < -0.3 is 25.0 Å². The molecule has 34 heavy (non-hydrogen) atoms. The third kappa shape index (κ3) is 9.52. The molecule has 2 aromatic carbocycles. The Hall–Kier alpha value is -2.92. The van der Waals surface area contributed by atoms with Crippen molar-refractivity contribution in [1.29, 1.82) is 0 Å². The highest BCUT2D eigenvalue weighted by molar-refractivity contribution is 6.27. The summed E-state index contributed by atoms with van der Waals surface area (Å²) < 4.78 is 32.6. The van der Waals surface area contributed by atoms with Crippen molar-refractivity contribution in [3.63, 3.8) is 0 Å². The van der Waals surface area contributed by atoms with Gasteiger partial charge in [-0.1, -0.05) is 24.3 Å². The van der Waals surface area contributed by atoms with E-state index in [1.807, 2.05) is 0 Å². The number of aliphatic hydroxyl groups excluding tert-OH is 1. The second-order valence-electron chi connectivity index (χ2n) is 8.04. The molecule has 0 aliphatic carbocycles. The molecule has 1 saturated heterocycles. The number of aliphatic hydroxyl groups is 1. The molecule has 1 unspecified atom stereocenters. The molecule has 0 radical (unpaired) electrons. The van der Waals surface area contributed by atoms with Crippen molar-refractivity contribution in [1.82, 2.24) is 9.80 Å². The van der Waals surface area contributed by atoms with E-state index in [0.29, 0.717) is 6.54 Å². The van der Waals surface area contributed by atoms with Gasteiger partial charge in [-0.3, -0.25) is 4.90 Å². The van der Waals surface area contributed by atoms with Crippen molar-refractivity contribution in [2.24, 2.45) is 0 Å².